The molecule has 136 valence electrons. The molecule has 0 heterocycles. The van der Waals surface area contributed by atoms with Crippen LogP contribution in [0.5, 0.6) is 5.75 Å². The fraction of sp³-hybridized carbons (Fsp3) is 0.667. The molecule has 4 heteroatoms. The first-order valence-electron chi connectivity index (χ1n) is 9.66. The molecule has 0 aromatic heterocycles. The fourth-order valence-electron chi connectivity index (χ4n) is 5.96. The lowest BCUT2D eigenvalue weighted by Crippen LogP contribution is -2.57. The van der Waals surface area contributed by atoms with Crippen LogP contribution in [0.1, 0.15) is 52.4 Å². The molecule has 4 aliphatic rings. The Hall–Kier alpha value is -1.58. The topological polar surface area (TPSA) is 38.3 Å². The Morgan fingerprint density at radius 2 is 1.60 bits per heavy atom. The van der Waals surface area contributed by atoms with E-state index in [1.165, 1.54) is 50.7 Å². The number of hydrogen-bond acceptors (Lipinski definition) is 2. The summed E-state index contributed by atoms with van der Waals surface area (Å²) in [5, 5.41) is 3.23. The van der Waals surface area contributed by atoms with Crippen LogP contribution in [0, 0.1) is 29.0 Å². The van der Waals surface area contributed by atoms with Crippen molar-refractivity contribution in [1.82, 2.24) is 5.32 Å². The van der Waals surface area contributed by atoms with Crippen LogP contribution in [-0.4, -0.2) is 18.1 Å². The van der Waals surface area contributed by atoms with Crippen molar-refractivity contribution in [3.63, 3.8) is 0 Å². The summed E-state index contributed by atoms with van der Waals surface area (Å²) in [5.41, 5.74) is 0.292. The number of benzene rings is 1. The zero-order chi connectivity index (χ0) is 17.6. The van der Waals surface area contributed by atoms with Gasteiger partial charge in [0, 0.05) is 6.04 Å². The van der Waals surface area contributed by atoms with E-state index in [2.05, 4.69) is 12.2 Å². The number of nitrogens with one attached hydrogen (secondary N) is 1. The van der Waals surface area contributed by atoms with Crippen molar-refractivity contribution in [2.75, 3.05) is 0 Å². The number of halogens is 1. The highest BCUT2D eigenvalue weighted by atomic mass is 19.1. The summed E-state index contributed by atoms with van der Waals surface area (Å²) < 4.78 is 18.7. The molecule has 1 aromatic carbocycles. The molecule has 0 spiro atoms. The maximum absolute atomic E-state index is 13.0. The molecular weight excluding hydrogens is 317 g/mol. The normalized spacial score (nSPS) is 35.2. The highest BCUT2D eigenvalue weighted by Gasteiger charge is 2.53. The Bertz CT molecular complexity index is 607. The van der Waals surface area contributed by atoms with E-state index in [-0.39, 0.29) is 17.8 Å². The smallest absolute Gasteiger partial charge is 0.261 e. The molecular formula is C21H28FNO2. The molecule has 3 nitrogen and oxygen atoms in total. The van der Waals surface area contributed by atoms with Crippen LogP contribution in [0.2, 0.25) is 0 Å². The SMILES string of the molecule is C[C@H](NC(=O)[C@@H](C)Oc1ccc(F)cc1)C12CC3CC(CC(C3)C1)C2. The minimum absolute atomic E-state index is 0.0763. The van der Waals surface area contributed by atoms with Gasteiger partial charge in [-0.05, 0) is 99.8 Å². The van der Waals surface area contributed by atoms with Crippen molar-refractivity contribution in [2.45, 2.75) is 64.5 Å². The van der Waals surface area contributed by atoms with Crippen molar-refractivity contribution in [3.05, 3.63) is 30.1 Å². The van der Waals surface area contributed by atoms with Gasteiger partial charge in [0.25, 0.3) is 5.91 Å². The molecule has 25 heavy (non-hydrogen) atoms. The standard InChI is InChI=1S/C21H28FNO2/c1-13(25-19-5-3-18(22)4-6-19)20(24)23-14(2)21-10-15-7-16(11-21)9-17(8-15)12-21/h3-6,13-17H,7-12H2,1-2H3,(H,23,24)/t13-,14+,15?,16?,17?,21?/m1/s1. The molecule has 0 radical (unpaired) electrons. The second-order valence-corrected chi connectivity index (χ2v) is 8.72. The summed E-state index contributed by atoms with van der Waals surface area (Å²) in [5.74, 6) is 2.76. The largest absolute Gasteiger partial charge is 0.481 e. The third kappa shape index (κ3) is 3.28. The summed E-state index contributed by atoms with van der Waals surface area (Å²) in [6.07, 6.45) is 7.45. The van der Waals surface area contributed by atoms with E-state index in [1.54, 1.807) is 19.1 Å². The van der Waals surface area contributed by atoms with Crippen LogP contribution in [-0.2, 0) is 4.79 Å². The van der Waals surface area contributed by atoms with Gasteiger partial charge >= 0.3 is 0 Å². The average molecular weight is 345 g/mol. The van der Waals surface area contributed by atoms with Gasteiger partial charge in [-0.1, -0.05) is 0 Å². The van der Waals surface area contributed by atoms with Crippen molar-refractivity contribution >= 4 is 5.91 Å². The van der Waals surface area contributed by atoms with E-state index in [1.807, 2.05) is 0 Å². The van der Waals surface area contributed by atoms with Gasteiger partial charge in [0.05, 0.1) is 0 Å². The molecule has 5 rings (SSSR count). The van der Waals surface area contributed by atoms with E-state index in [0.29, 0.717) is 11.2 Å². The van der Waals surface area contributed by atoms with E-state index in [9.17, 15) is 9.18 Å². The van der Waals surface area contributed by atoms with Crippen LogP contribution < -0.4 is 10.1 Å². The summed E-state index contributed by atoms with van der Waals surface area (Å²) in [6.45, 7) is 3.93. The van der Waals surface area contributed by atoms with Gasteiger partial charge in [-0.2, -0.15) is 0 Å². The van der Waals surface area contributed by atoms with Gasteiger partial charge in [-0.25, -0.2) is 4.39 Å². The maximum Gasteiger partial charge on any atom is 0.261 e. The van der Waals surface area contributed by atoms with Gasteiger partial charge in [-0.3, -0.25) is 4.79 Å². The van der Waals surface area contributed by atoms with Crippen LogP contribution in [0.3, 0.4) is 0 Å². The van der Waals surface area contributed by atoms with Gasteiger partial charge in [-0.15, -0.1) is 0 Å². The number of rotatable bonds is 5. The predicted octanol–water partition coefficient (Wildman–Crippen LogP) is 4.31. The molecule has 1 aromatic rings. The van der Waals surface area contributed by atoms with Crippen LogP contribution in [0.25, 0.3) is 0 Å². The van der Waals surface area contributed by atoms with E-state index in [4.69, 9.17) is 4.74 Å². The van der Waals surface area contributed by atoms with Crippen LogP contribution >= 0.6 is 0 Å². The number of ether oxygens (including phenoxy) is 1. The molecule has 0 saturated heterocycles. The Kier molecular flexibility index (Phi) is 4.25. The first-order valence-corrected chi connectivity index (χ1v) is 9.66. The summed E-state index contributed by atoms with van der Waals surface area (Å²) in [7, 11) is 0. The summed E-state index contributed by atoms with van der Waals surface area (Å²) in [6, 6.07) is 5.99. The molecule has 1 N–H and O–H groups in total. The van der Waals surface area contributed by atoms with Crippen molar-refractivity contribution < 1.29 is 13.9 Å². The second kappa shape index (κ2) is 6.30. The number of carbonyl (C=O) groups is 1. The Morgan fingerprint density at radius 3 is 2.12 bits per heavy atom. The molecule has 4 aliphatic carbocycles. The van der Waals surface area contributed by atoms with Gasteiger partial charge in [0.1, 0.15) is 11.6 Å². The Morgan fingerprint density at radius 1 is 1.08 bits per heavy atom. The zero-order valence-corrected chi connectivity index (χ0v) is 15.1. The van der Waals surface area contributed by atoms with Crippen molar-refractivity contribution in [1.29, 1.82) is 0 Å². The molecule has 4 bridgehead atoms. The quantitative estimate of drug-likeness (QED) is 0.863. The first-order chi connectivity index (χ1) is 11.9. The van der Waals surface area contributed by atoms with Gasteiger partial charge < -0.3 is 10.1 Å². The summed E-state index contributed by atoms with van der Waals surface area (Å²) in [4.78, 5) is 12.6. The predicted molar refractivity (Wildman–Crippen MR) is 94.7 cm³/mol. The summed E-state index contributed by atoms with van der Waals surface area (Å²) >= 11 is 0. The van der Waals surface area contributed by atoms with E-state index < -0.39 is 6.10 Å². The highest BCUT2D eigenvalue weighted by Crippen LogP contribution is 2.61. The lowest BCUT2D eigenvalue weighted by Gasteiger charge is -2.59. The van der Waals surface area contributed by atoms with Crippen LogP contribution in [0.4, 0.5) is 4.39 Å². The van der Waals surface area contributed by atoms with Gasteiger partial charge in [0.2, 0.25) is 0 Å². The lowest BCUT2D eigenvalue weighted by atomic mass is 9.48. The highest BCUT2D eigenvalue weighted by molar-refractivity contribution is 5.81. The monoisotopic (exact) mass is 345 g/mol. The van der Waals surface area contributed by atoms with Crippen molar-refractivity contribution in [2.24, 2.45) is 23.2 Å². The first kappa shape index (κ1) is 16.9. The average Bonchev–Trinajstić information content (AvgIpc) is 2.55. The maximum atomic E-state index is 13.0. The third-order valence-corrected chi connectivity index (χ3v) is 6.86. The fourth-order valence-corrected chi connectivity index (χ4v) is 5.96. The molecule has 0 unspecified atom stereocenters. The van der Waals surface area contributed by atoms with E-state index >= 15 is 0 Å². The number of amides is 1. The minimum Gasteiger partial charge on any atom is -0.481 e. The zero-order valence-electron chi connectivity index (χ0n) is 15.1. The number of carbonyl (C=O) groups excluding carboxylic acids is 1. The molecule has 0 aliphatic heterocycles. The number of hydrogen-bond donors (Lipinski definition) is 1. The molecule has 2 atom stereocenters. The Labute approximate surface area is 149 Å². The molecule has 4 fully saturated rings. The van der Waals surface area contributed by atoms with Crippen LogP contribution in [0.15, 0.2) is 24.3 Å². The van der Waals surface area contributed by atoms with Crippen molar-refractivity contribution in [3.8, 4) is 5.75 Å². The molecule has 1 amide bonds. The molecule has 4 saturated carbocycles. The lowest BCUT2D eigenvalue weighted by molar-refractivity contribution is -0.131. The van der Waals surface area contributed by atoms with Gasteiger partial charge in [0.15, 0.2) is 6.10 Å². The Balaban J connectivity index is 1.38. The third-order valence-electron chi connectivity index (χ3n) is 6.86. The minimum atomic E-state index is -0.582. The van der Waals surface area contributed by atoms with E-state index in [0.717, 1.165) is 17.8 Å². The second-order valence-electron chi connectivity index (χ2n) is 8.72.